The van der Waals surface area contributed by atoms with E-state index >= 15 is 0 Å². The number of halogens is 1. The molecule has 0 fully saturated rings. The van der Waals surface area contributed by atoms with E-state index in [-0.39, 0.29) is 24.9 Å². The predicted octanol–water partition coefficient (Wildman–Crippen LogP) is 3.24. The van der Waals surface area contributed by atoms with E-state index in [4.69, 9.17) is 9.84 Å². The fraction of sp³-hybridized carbons (Fsp3) is 0.167. The summed E-state index contributed by atoms with van der Waals surface area (Å²) in [5.74, 6) is -0.0932. The minimum absolute atomic E-state index is 0.0569. The number of amides is 1. The molecule has 0 aliphatic carbocycles. The molecule has 23 heavy (non-hydrogen) atoms. The van der Waals surface area contributed by atoms with Gasteiger partial charge in [-0.25, -0.2) is 4.39 Å². The van der Waals surface area contributed by atoms with E-state index in [2.05, 4.69) is 5.32 Å². The molecule has 2 N–H and O–H groups in total. The van der Waals surface area contributed by atoms with Crippen LogP contribution in [0.15, 0.2) is 54.6 Å². The molecule has 0 atom stereocenters. The lowest BCUT2D eigenvalue weighted by Gasteiger charge is -2.07. The van der Waals surface area contributed by atoms with Crippen molar-refractivity contribution in [2.45, 2.75) is 6.92 Å². The van der Waals surface area contributed by atoms with Crippen LogP contribution >= 0.6 is 0 Å². The Morgan fingerprint density at radius 2 is 1.91 bits per heavy atom. The average Bonchev–Trinajstić information content (AvgIpc) is 2.54. The van der Waals surface area contributed by atoms with Crippen LogP contribution in [0.4, 0.5) is 10.1 Å². The summed E-state index contributed by atoms with van der Waals surface area (Å²) in [7, 11) is 0. The highest BCUT2D eigenvalue weighted by atomic mass is 19.1. The van der Waals surface area contributed by atoms with Crippen LogP contribution in [0.1, 0.15) is 12.5 Å². The van der Waals surface area contributed by atoms with Gasteiger partial charge in [0.15, 0.2) is 0 Å². The fourth-order valence-corrected chi connectivity index (χ4v) is 2.03. The minimum Gasteiger partial charge on any atom is -0.491 e. The Morgan fingerprint density at radius 3 is 2.57 bits per heavy atom. The molecule has 0 saturated heterocycles. The van der Waals surface area contributed by atoms with E-state index in [1.165, 1.54) is 12.1 Å². The summed E-state index contributed by atoms with van der Waals surface area (Å²) in [6.07, 6.45) is 1.36. The Kier molecular flexibility index (Phi) is 5.88. The number of benzene rings is 2. The number of hydrogen-bond donors (Lipinski definition) is 2. The normalized spacial score (nSPS) is 11.2. The highest BCUT2D eigenvalue weighted by molar-refractivity contribution is 6.03. The number of aliphatic hydroxyl groups is 1. The third-order valence-corrected chi connectivity index (χ3v) is 3.13. The molecule has 0 bridgehead atoms. The summed E-state index contributed by atoms with van der Waals surface area (Å²) in [6, 6.07) is 13.1. The van der Waals surface area contributed by atoms with E-state index in [1.54, 1.807) is 49.4 Å². The van der Waals surface area contributed by atoms with Crippen LogP contribution in [-0.2, 0) is 4.79 Å². The first-order valence-corrected chi connectivity index (χ1v) is 7.18. The highest BCUT2D eigenvalue weighted by Crippen LogP contribution is 2.18. The molecule has 0 aromatic heterocycles. The van der Waals surface area contributed by atoms with Crippen LogP contribution in [0, 0.1) is 5.82 Å². The lowest BCUT2D eigenvalue weighted by molar-refractivity contribution is -0.111. The topological polar surface area (TPSA) is 58.6 Å². The zero-order valence-corrected chi connectivity index (χ0v) is 12.8. The van der Waals surface area contributed by atoms with Crippen LogP contribution in [0.25, 0.3) is 5.57 Å². The van der Waals surface area contributed by atoms with Crippen LogP contribution in [0.2, 0.25) is 0 Å². The Morgan fingerprint density at radius 1 is 1.22 bits per heavy atom. The first-order chi connectivity index (χ1) is 11.1. The maximum Gasteiger partial charge on any atom is 0.248 e. The van der Waals surface area contributed by atoms with Crippen molar-refractivity contribution >= 4 is 17.2 Å². The smallest absolute Gasteiger partial charge is 0.248 e. The molecular formula is C18H18FNO3. The van der Waals surface area contributed by atoms with Crippen LogP contribution in [-0.4, -0.2) is 24.2 Å². The number of nitrogens with one attached hydrogen (secondary N) is 1. The van der Waals surface area contributed by atoms with Gasteiger partial charge in [0.05, 0.1) is 6.61 Å². The molecular weight excluding hydrogens is 297 g/mol. The number of hydrogen-bond acceptors (Lipinski definition) is 3. The Hall–Kier alpha value is -2.66. The largest absolute Gasteiger partial charge is 0.491 e. The number of carbonyl (C=O) groups excluding carboxylic acids is 1. The van der Waals surface area contributed by atoms with Gasteiger partial charge in [-0.15, -0.1) is 0 Å². The number of allylic oxidation sites excluding steroid dienone is 1. The lowest BCUT2D eigenvalue weighted by atomic mass is 10.1. The number of rotatable bonds is 6. The maximum absolute atomic E-state index is 13.7. The van der Waals surface area contributed by atoms with Crippen molar-refractivity contribution in [3.05, 3.63) is 66.0 Å². The van der Waals surface area contributed by atoms with Gasteiger partial charge < -0.3 is 15.2 Å². The van der Waals surface area contributed by atoms with Gasteiger partial charge in [-0.2, -0.15) is 0 Å². The second-order valence-electron chi connectivity index (χ2n) is 4.89. The summed E-state index contributed by atoms with van der Waals surface area (Å²) in [5.41, 5.74) is 1.54. The average molecular weight is 315 g/mol. The predicted molar refractivity (Wildman–Crippen MR) is 87.7 cm³/mol. The molecule has 120 valence electrons. The van der Waals surface area contributed by atoms with Crippen molar-refractivity contribution in [1.29, 1.82) is 0 Å². The van der Waals surface area contributed by atoms with Crippen molar-refractivity contribution in [2.75, 3.05) is 18.5 Å². The molecule has 0 aliphatic heterocycles. The minimum atomic E-state index is -0.362. The van der Waals surface area contributed by atoms with Crippen LogP contribution in [0.5, 0.6) is 5.75 Å². The Balaban J connectivity index is 2.01. The summed E-state index contributed by atoms with van der Waals surface area (Å²) in [6.45, 7) is 1.85. The van der Waals surface area contributed by atoms with Gasteiger partial charge in [-0.05, 0) is 42.8 Å². The van der Waals surface area contributed by atoms with Crippen molar-refractivity contribution in [3.63, 3.8) is 0 Å². The zero-order valence-electron chi connectivity index (χ0n) is 12.8. The third-order valence-electron chi connectivity index (χ3n) is 3.13. The van der Waals surface area contributed by atoms with Gasteiger partial charge in [0.25, 0.3) is 0 Å². The van der Waals surface area contributed by atoms with Gasteiger partial charge in [-0.3, -0.25) is 4.79 Å². The Labute approximate surface area is 134 Å². The van der Waals surface area contributed by atoms with E-state index in [0.29, 0.717) is 22.6 Å². The second kappa shape index (κ2) is 8.10. The first kappa shape index (κ1) is 16.7. The van der Waals surface area contributed by atoms with Gasteiger partial charge in [0.1, 0.15) is 18.2 Å². The molecule has 5 heteroatoms. The Bertz CT molecular complexity index is 696. The number of carbonyl (C=O) groups is 1. The van der Waals surface area contributed by atoms with Crippen molar-refractivity contribution < 1.29 is 19.0 Å². The molecule has 0 aliphatic rings. The molecule has 4 nitrogen and oxygen atoms in total. The molecule has 1 amide bonds. The summed E-state index contributed by atoms with van der Waals surface area (Å²) in [4.78, 5) is 12.0. The summed E-state index contributed by atoms with van der Waals surface area (Å²) >= 11 is 0. The van der Waals surface area contributed by atoms with Crippen LogP contribution < -0.4 is 10.1 Å². The van der Waals surface area contributed by atoms with E-state index in [0.717, 1.165) is 0 Å². The summed E-state index contributed by atoms with van der Waals surface area (Å²) in [5, 5.41) is 11.4. The van der Waals surface area contributed by atoms with E-state index in [9.17, 15) is 9.18 Å². The monoisotopic (exact) mass is 315 g/mol. The first-order valence-electron chi connectivity index (χ1n) is 7.18. The molecule has 0 spiro atoms. The van der Waals surface area contributed by atoms with Gasteiger partial charge in [0, 0.05) is 17.3 Å². The van der Waals surface area contributed by atoms with Gasteiger partial charge in [0.2, 0.25) is 5.91 Å². The highest BCUT2D eigenvalue weighted by Gasteiger charge is 2.05. The maximum atomic E-state index is 13.7. The zero-order chi connectivity index (χ0) is 16.7. The molecule has 2 rings (SSSR count). The van der Waals surface area contributed by atoms with Crippen LogP contribution in [0.3, 0.4) is 0 Å². The van der Waals surface area contributed by atoms with Gasteiger partial charge >= 0.3 is 0 Å². The number of anilines is 1. The number of ether oxygens (including phenoxy) is 1. The molecule has 2 aromatic carbocycles. The number of aliphatic hydroxyl groups excluding tert-OH is 1. The third kappa shape index (κ3) is 4.93. The lowest BCUT2D eigenvalue weighted by Crippen LogP contribution is -2.09. The van der Waals surface area contributed by atoms with E-state index < -0.39 is 0 Å². The van der Waals surface area contributed by atoms with E-state index in [1.807, 2.05) is 0 Å². The molecule has 0 heterocycles. The van der Waals surface area contributed by atoms with Gasteiger partial charge in [-0.1, -0.05) is 18.2 Å². The van der Waals surface area contributed by atoms with Crippen molar-refractivity contribution in [3.8, 4) is 5.75 Å². The van der Waals surface area contributed by atoms with Crippen molar-refractivity contribution in [2.24, 2.45) is 0 Å². The molecule has 0 radical (unpaired) electrons. The second-order valence-corrected chi connectivity index (χ2v) is 4.89. The van der Waals surface area contributed by atoms with Crippen molar-refractivity contribution in [1.82, 2.24) is 0 Å². The summed E-state index contributed by atoms with van der Waals surface area (Å²) < 4.78 is 18.9. The fourth-order valence-electron chi connectivity index (χ4n) is 2.03. The molecule has 0 unspecified atom stereocenters. The standard InChI is InChI=1S/C18H18FNO3/c1-13(16-4-2-3-5-17(16)19)12-18(22)20-14-6-8-15(9-7-14)23-11-10-21/h2-9,12,21H,10-11H2,1H3,(H,20,22)/b13-12-. The molecule has 2 aromatic rings. The SMILES string of the molecule is C/C(=C/C(=O)Nc1ccc(OCCO)cc1)c1ccccc1F. The molecule has 0 saturated carbocycles. The quantitative estimate of drug-likeness (QED) is 0.805.